The van der Waals surface area contributed by atoms with Gasteiger partial charge < -0.3 is 0 Å². The molecule has 0 radical (unpaired) electrons. The van der Waals surface area contributed by atoms with Gasteiger partial charge >= 0.3 is 0 Å². The van der Waals surface area contributed by atoms with Crippen LogP contribution >= 0.6 is 0 Å². The average Bonchev–Trinajstić information content (AvgIpc) is 2.11. The van der Waals surface area contributed by atoms with Gasteiger partial charge in [-0.05, 0) is 34.1 Å². The molecule has 0 aliphatic rings. The summed E-state index contributed by atoms with van der Waals surface area (Å²) >= 11 is 0. The predicted molar refractivity (Wildman–Crippen MR) is 57.2 cm³/mol. The molecule has 0 aromatic heterocycles. The first-order valence-electron chi connectivity index (χ1n) is 4.59. The van der Waals surface area contributed by atoms with Crippen molar-refractivity contribution in [3.63, 3.8) is 0 Å². The highest BCUT2D eigenvalue weighted by atomic mass is 13.9. The highest BCUT2D eigenvalue weighted by molar-refractivity contribution is 5.28. The van der Waals surface area contributed by atoms with E-state index in [4.69, 9.17) is 0 Å². The zero-order valence-electron chi connectivity index (χ0n) is 8.94. The molecule has 0 spiro atoms. The maximum Gasteiger partial charge on any atom is -0.0346 e. The summed E-state index contributed by atoms with van der Waals surface area (Å²) in [4.78, 5) is 0. The fraction of sp³-hybridized carbons (Fsp3) is 0.500. The van der Waals surface area contributed by atoms with Crippen molar-refractivity contribution in [1.82, 2.24) is 0 Å². The molecule has 0 bridgehead atoms. The Hall–Kier alpha value is -0.780. The Morgan fingerprint density at radius 3 is 2.08 bits per heavy atom. The van der Waals surface area contributed by atoms with E-state index < -0.39 is 0 Å². The molecule has 0 heteroatoms. The summed E-state index contributed by atoms with van der Waals surface area (Å²) in [5.41, 5.74) is 4.17. The Bertz CT molecular complexity index is 214. The van der Waals surface area contributed by atoms with Crippen LogP contribution < -0.4 is 0 Å². The molecule has 0 rings (SSSR count). The standard InChI is InChI=1S/C12H20/c1-6-10(3)8-9-12(5)11(4)7-2/h6,8-9H,7H2,1-5H3. The highest BCUT2D eigenvalue weighted by Crippen LogP contribution is 2.09. The molecule has 12 heavy (non-hydrogen) atoms. The van der Waals surface area contributed by atoms with Gasteiger partial charge in [-0.3, -0.25) is 0 Å². The van der Waals surface area contributed by atoms with Crippen molar-refractivity contribution in [2.24, 2.45) is 0 Å². The normalized spacial score (nSPS) is 15.2. The van der Waals surface area contributed by atoms with Crippen LogP contribution in [0.3, 0.4) is 0 Å². The van der Waals surface area contributed by atoms with Crippen LogP contribution in [0, 0.1) is 0 Å². The van der Waals surface area contributed by atoms with Gasteiger partial charge in [-0.15, -0.1) is 0 Å². The monoisotopic (exact) mass is 164 g/mol. The molecule has 0 aromatic carbocycles. The summed E-state index contributed by atoms with van der Waals surface area (Å²) in [6, 6.07) is 0. The molecule has 0 heterocycles. The Kier molecular flexibility index (Phi) is 5.44. The zero-order valence-corrected chi connectivity index (χ0v) is 8.94. The number of rotatable bonds is 3. The Labute approximate surface area is 76.7 Å². The van der Waals surface area contributed by atoms with E-state index in [1.54, 1.807) is 0 Å². The zero-order chi connectivity index (χ0) is 9.56. The van der Waals surface area contributed by atoms with Crippen LogP contribution in [-0.2, 0) is 0 Å². The molecule has 0 aromatic rings. The van der Waals surface area contributed by atoms with Gasteiger partial charge in [-0.2, -0.15) is 0 Å². The number of allylic oxidation sites excluding steroid dienone is 6. The maximum absolute atomic E-state index is 2.19. The summed E-state index contributed by atoms with van der Waals surface area (Å²) in [5, 5.41) is 0. The van der Waals surface area contributed by atoms with Crippen molar-refractivity contribution in [2.75, 3.05) is 0 Å². The minimum atomic E-state index is 1.14. The molecule has 0 aliphatic heterocycles. The van der Waals surface area contributed by atoms with Crippen molar-refractivity contribution in [1.29, 1.82) is 0 Å². The van der Waals surface area contributed by atoms with E-state index in [1.165, 1.54) is 16.7 Å². The quantitative estimate of drug-likeness (QED) is 0.547. The third kappa shape index (κ3) is 4.17. The fourth-order valence-corrected chi connectivity index (χ4v) is 0.774. The van der Waals surface area contributed by atoms with Gasteiger partial charge in [0.05, 0.1) is 0 Å². The van der Waals surface area contributed by atoms with Crippen LogP contribution in [0.5, 0.6) is 0 Å². The maximum atomic E-state index is 2.19. The molecule has 0 saturated carbocycles. The van der Waals surface area contributed by atoms with Crippen molar-refractivity contribution < 1.29 is 0 Å². The first-order valence-corrected chi connectivity index (χ1v) is 4.59. The van der Waals surface area contributed by atoms with E-state index in [1.807, 2.05) is 0 Å². The molecule has 0 N–H and O–H groups in total. The molecule has 0 atom stereocenters. The first-order chi connectivity index (χ1) is 5.61. The van der Waals surface area contributed by atoms with Gasteiger partial charge in [0.25, 0.3) is 0 Å². The van der Waals surface area contributed by atoms with E-state index >= 15 is 0 Å². The van der Waals surface area contributed by atoms with E-state index in [0.717, 1.165) is 6.42 Å². The SMILES string of the molecule is CC=C(C)C=CC(C)=C(C)CC. The minimum absolute atomic E-state index is 1.14. The topological polar surface area (TPSA) is 0 Å². The lowest BCUT2D eigenvalue weighted by atomic mass is 10.1. The smallest absolute Gasteiger partial charge is 0.0346 e. The van der Waals surface area contributed by atoms with Gasteiger partial charge in [0.2, 0.25) is 0 Å². The summed E-state index contributed by atoms with van der Waals surface area (Å²) in [7, 11) is 0. The highest BCUT2D eigenvalue weighted by Gasteiger charge is 1.88. The van der Waals surface area contributed by atoms with Gasteiger partial charge in [-0.25, -0.2) is 0 Å². The third-order valence-corrected chi connectivity index (χ3v) is 2.26. The van der Waals surface area contributed by atoms with Crippen LogP contribution in [0.2, 0.25) is 0 Å². The third-order valence-electron chi connectivity index (χ3n) is 2.26. The molecule has 0 nitrogen and oxygen atoms in total. The molecule has 0 fully saturated rings. The van der Waals surface area contributed by atoms with E-state index in [-0.39, 0.29) is 0 Å². The van der Waals surface area contributed by atoms with E-state index in [2.05, 4.69) is 52.8 Å². The summed E-state index contributed by atoms with van der Waals surface area (Å²) in [5.74, 6) is 0. The lowest BCUT2D eigenvalue weighted by Crippen LogP contribution is -1.78. The Balaban J connectivity index is 4.36. The number of hydrogen-bond acceptors (Lipinski definition) is 0. The Morgan fingerprint density at radius 2 is 1.67 bits per heavy atom. The van der Waals surface area contributed by atoms with Crippen molar-refractivity contribution in [3.8, 4) is 0 Å². The van der Waals surface area contributed by atoms with Gasteiger partial charge in [-0.1, -0.05) is 41.9 Å². The molecular weight excluding hydrogens is 144 g/mol. The van der Waals surface area contributed by atoms with Crippen molar-refractivity contribution in [2.45, 2.75) is 41.0 Å². The largest absolute Gasteiger partial charge is 0.0847 e. The second-order valence-corrected chi connectivity index (χ2v) is 3.18. The molecule has 0 unspecified atom stereocenters. The van der Waals surface area contributed by atoms with E-state index in [9.17, 15) is 0 Å². The second-order valence-electron chi connectivity index (χ2n) is 3.18. The fourth-order valence-electron chi connectivity index (χ4n) is 0.774. The predicted octanol–water partition coefficient (Wildman–Crippen LogP) is 4.26. The average molecular weight is 164 g/mol. The van der Waals surface area contributed by atoms with E-state index in [0.29, 0.717) is 0 Å². The van der Waals surface area contributed by atoms with Crippen LogP contribution in [0.1, 0.15) is 41.0 Å². The summed E-state index contributed by atoms with van der Waals surface area (Å²) < 4.78 is 0. The molecule has 0 saturated heterocycles. The van der Waals surface area contributed by atoms with Gasteiger partial charge in [0.1, 0.15) is 0 Å². The lowest BCUT2D eigenvalue weighted by Gasteiger charge is -1.98. The minimum Gasteiger partial charge on any atom is -0.0847 e. The van der Waals surface area contributed by atoms with Crippen LogP contribution in [-0.4, -0.2) is 0 Å². The van der Waals surface area contributed by atoms with Crippen molar-refractivity contribution in [3.05, 3.63) is 34.9 Å². The first kappa shape index (κ1) is 11.2. The van der Waals surface area contributed by atoms with Crippen LogP contribution in [0.15, 0.2) is 34.9 Å². The second kappa shape index (κ2) is 5.82. The number of hydrogen-bond donors (Lipinski definition) is 0. The Morgan fingerprint density at radius 1 is 1.08 bits per heavy atom. The van der Waals surface area contributed by atoms with Crippen LogP contribution in [0.4, 0.5) is 0 Å². The van der Waals surface area contributed by atoms with Gasteiger partial charge in [0, 0.05) is 0 Å². The van der Waals surface area contributed by atoms with Crippen LogP contribution in [0.25, 0.3) is 0 Å². The van der Waals surface area contributed by atoms with Crippen molar-refractivity contribution >= 4 is 0 Å². The van der Waals surface area contributed by atoms with Gasteiger partial charge in [0.15, 0.2) is 0 Å². The molecule has 68 valence electrons. The molecular formula is C12H20. The summed E-state index contributed by atoms with van der Waals surface area (Å²) in [6.45, 7) is 10.7. The lowest BCUT2D eigenvalue weighted by molar-refractivity contribution is 1.07. The molecule has 0 amide bonds. The summed E-state index contributed by atoms with van der Waals surface area (Å²) in [6.07, 6.45) is 7.61. The molecule has 0 aliphatic carbocycles.